The van der Waals surface area contributed by atoms with Gasteiger partial charge in [0.15, 0.2) is 0 Å². The smallest absolute Gasteiger partial charge is 0.258 e. The second-order valence-corrected chi connectivity index (χ2v) is 16.2. The van der Waals surface area contributed by atoms with Crippen molar-refractivity contribution in [1.29, 1.82) is 0 Å². The summed E-state index contributed by atoms with van der Waals surface area (Å²) in [6, 6.07) is 32.9. The lowest BCUT2D eigenvalue weighted by Crippen LogP contribution is -2.51. The van der Waals surface area contributed by atoms with Crippen molar-refractivity contribution in [2.45, 2.75) is 115 Å². The molecule has 0 aromatic heterocycles. The number of ether oxygens (including phenoxy) is 2. The Labute approximate surface area is 368 Å². The number of likely N-dealkylation sites (N-methyl/N-ethyl adjacent to an activating group) is 2. The van der Waals surface area contributed by atoms with E-state index in [1.807, 2.05) is 111 Å². The maximum absolute atomic E-state index is 13.5. The van der Waals surface area contributed by atoms with Gasteiger partial charge in [0.2, 0.25) is 11.8 Å². The molecule has 2 heterocycles. The number of fused-ring (bicyclic) bond motifs is 2. The first kappa shape index (κ1) is 46.9. The number of rotatable bonds is 6. The molecular weight excluding hydrogens is 777 g/mol. The van der Waals surface area contributed by atoms with Gasteiger partial charge in [-0.25, -0.2) is 0 Å². The van der Waals surface area contributed by atoms with Crippen molar-refractivity contribution in [2.24, 2.45) is 0 Å². The van der Waals surface area contributed by atoms with Crippen molar-refractivity contribution in [2.75, 3.05) is 14.1 Å². The van der Waals surface area contributed by atoms with Gasteiger partial charge < -0.3 is 29.9 Å². The quantitative estimate of drug-likeness (QED) is 0.188. The molecule has 4 amide bonds. The molecule has 0 radical (unpaired) electrons. The lowest BCUT2D eigenvalue weighted by atomic mass is 10.0. The first-order valence-corrected chi connectivity index (χ1v) is 22.0. The summed E-state index contributed by atoms with van der Waals surface area (Å²) in [7, 11) is 3.39. The topological polar surface area (TPSA) is 117 Å². The van der Waals surface area contributed by atoms with E-state index >= 15 is 0 Å². The fourth-order valence-electron chi connectivity index (χ4n) is 7.52. The number of hydrogen-bond donors (Lipinski definition) is 2. The first-order chi connectivity index (χ1) is 30.0. The number of nitrogens with zero attached hydrogens (tertiary/aromatic N) is 2. The van der Waals surface area contributed by atoms with Crippen molar-refractivity contribution in [1.82, 2.24) is 20.4 Å². The van der Waals surface area contributed by atoms with E-state index in [0.29, 0.717) is 35.5 Å². The zero-order chi connectivity index (χ0) is 44.4. The summed E-state index contributed by atoms with van der Waals surface area (Å²) in [5.74, 6) is 0.372. The van der Waals surface area contributed by atoms with E-state index < -0.39 is 12.1 Å². The predicted octanol–water partition coefficient (Wildman–Crippen LogP) is 8.76. The molecule has 6 rings (SSSR count). The number of amides is 4. The Balaban J connectivity index is 0.000000234. The van der Waals surface area contributed by atoms with E-state index in [0.717, 1.165) is 49.7 Å². The summed E-state index contributed by atoms with van der Waals surface area (Å²) in [6.07, 6.45) is 13.8. The molecule has 328 valence electrons. The minimum atomic E-state index is -0.624. The Hall–Kier alpha value is -6.16. The van der Waals surface area contributed by atoms with Crippen molar-refractivity contribution < 1.29 is 28.7 Å². The average molecular weight is 841 g/mol. The number of hydrogen-bond acceptors (Lipinski definition) is 6. The highest BCUT2D eigenvalue weighted by Crippen LogP contribution is 2.26. The molecule has 0 spiro atoms. The third-order valence-electron chi connectivity index (χ3n) is 11.4. The van der Waals surface area contributed by atoms with Crippen LogP contribution in [0.3, 0.4) is 0 Å². The highest BCUT2D eigenvalue weighted by Gasteiger charge is 2.32. The van der Waals surface area contributed by atoms with Crippen LogP contribution in [0.15, 0.2) is 133 Å². The van der Waals surface area contributed by atoms with Crippen LogP contribution in [0.2, 0.25) is 0 Å². The summed E-state index contributed by atoms with van der Waals surface area (Å²) in [5, 5.41) is 6.32. The van der Waals surface area contributed by atoms with Crippen LogP contribution >= 0.6 is 0 Å². The Kier molecular flexibility index (Phi) is 18.0. The monoisotopic (exact) mass is 840 g/mol. The summed E-state index contributed by atoms with van der Waals surface area (Å²) < 4.78 is 12.2. The molecule has 62 heavy (non-hydrogen) atoms. The van der Waals surface area contributed by atoms with E-state index in [9.17, 15) is 19.2 Å². The fourth-order valence-corrected chi connectivity index (χ4v) is 7.52. The SMILES string of the molecule is CC[C@H]1C/C=C/C[C@@H](C)Oc2ccccc2C(=O)N(C)[C@H](Cc2ccccc2)C(=O)N1.CC[C@H]1C/C=C\C[C@@H](C)Oc2ccccc2C(=O)N(C)[C@H](Cc2ccccc2)C(=O)N1. The molecule has 0 saturated carbocycles. The normalized spacial score (nSPS) is 23.8. The molecule has 0 bridgehead atoms. The number of carbonyl (C=O) groups excluding carboxylic acids is 4. The van der Waals surface area contributed by atoms with Gasteiger partial charge in [0.25, 0.3) is 11.8 Å². The van der Waals surface area contributed by atoms with Gasteiger partial charge >= 0.3 is 0 Å². The number of carbonyl (C=O) groups is 4. The Bertz CT molecular complexity index is 1970. The van der Waals surface area contributed by atoms with Crippen LogP contribution in [-0.4, -0.2) is 83.9 Å². The minimum Gasteiger partial charge on any atom is -0.490 e. The van der Waals surface area contributed by atoms with Crippen LogP contribution in [0.4, 0.5) is 0 Å². The molecule has 4 aromatic rings. The standard InChI is InChI=1S/2C26H32N2O3/c2*1-4-21-15-9-8-12-19(2)31-24-17-11-10-16-22(24)26(30)28(3)23(25(29)27-21)18-20-13-6-5-7-14-20/h2*5-11,13-14,16-17,19,21,23H,4,12,15,18H2,1-3H3,(H,27,29)/b9-8+;9-8-/t2*19-,21+,23-/m11/s1. The van der Waals surface area contributed by atoms with Crippen molar-refractivity contribution in [3.63, 3.8) is 0 Å². The van der Waals surface area contributed by atoms with E-state index in [1.54, 1.807) is 36.0 Å². The third kappa shape index (κ3) is 13.4. The lowest BCUT2D eigenvalue weighted by molar-refractivity contribution is -0.126. The zero-order valence-corrected chi connectivity index (χ0v) is 37.2. The van der Waals surface area contributed by atoms with E-state index in [2.05, 4.69) is 48.8 Å². The van der Waals surface area contributed by atoms with Gasteiger partial charge in [-0.3, -0.25) is 19.2 Å². The van der Waals surface area contributed by atoms with Crippen LogP contribution < -0.4 is 20.1 Å². The van der Waals surface area contributed by atoms with Crippen molar-refractivity contribution >= 4 is 23.6 Å². The third-order valence-corrected chi connectivity index (χ3v) is 11.4. The Morgan fingerprint density at radius 2 is 0.839 bits per heavy atom. The molecule has 2 N–H and O–H groups in total. The van der Waals surface area contributed by atoms with Crippen LogP contribution in [-0.2, 0) is 22.4 Å². The molecule has 4 aromatic carbocycles. The predicted molar refractivity (Wildman–Crippen MR) is 246 cm³/mol. The van der Waals surface area contributed by atoms with Gasteiger partial charge in [0.1, 0.15) is 23.6 Å². The summed E-state index contributed by atoms with van der Waals surface area (Å²) in [5.41, 5.74) is 2.95. The van der Waals surface area contributed by atoms with Gasteiger partial charge in [0, 0.05) is 51.9 Å². The van der Waals surface area contributed by atoms with Crippen molar-refractivity contribution in [3.8, 4) is 11.5 Å². The van der Waals surface area contributed by atoms with Gasteiger partial charge in [0.05, 0.1) is 23.3 Å². The molecule has 0 unspecified atom stereocenters. The highest BCUT2D eigenvalue weighted by molar-refractivity contribution is 6.00. The van der Waals surface area contributed by atoms with Crippen LogP contribution in [0.1, 0.15) is 98.1 Å². The van der Waals surface area contributed by atoms with E-state index in [1.165, 1.54) is 0 Å². The zero-order valence-electron chi connectivity index (χ0n) is 37.2. The summed E-state index contributed by atoms with van der Waals surface area (Å²) >= 11 is 0. The first-order valence-electron chi connectivity index (χ1n) is 22.0. The van der Waals surface area contributed by atoms with Gasteiger partial charge in [-0.2, -0.15) is 0 Å². The molecule has 0 aliphatic carbocycles. The second kappa shape index (κ2) is 23.7. The Morgan fingerprint density at radius 3 is 1.21 bits per heavy atom. The molecule has 10 nitrogen and oxygen atoms in total. The molecule has 2 aliphatic heterocycles. The van der Waals surface area contributed by atoms with Crippen molar-refractivity contribution in [3.05, 3.63) is 156 Å². The van der Waals surface area contributed by atoms with Crippen LogP contribution in [0.25, 0.3) is 0 Å². The van der Waals surface area contributed by atoms with E-state index in [-0.39, 0.29) is 47.9 Å². The number of benzene rings is 4. The molecule has 0 saturated heterocycles. The minimum absolute atomic E-state index is 0.0250. The summed E-state index contributed by atoms with van der Waals surface area (Å²) in [4.78, 5) is 56.6. The number of nitrogens with one attached hydrogen (secondary N) is 2. The average Bonchev–Trinajstić information content (AvgIpc) is 3.29. The van der Waals surface area contributed by atoms with Gasteiger partial charge in [-0.1, -0.05) is 123 Å². The number of para-hydroxylation sites is 2. The lowest BCUT2D eigenvalue weighted by Gasteiger charge is -2.30. The van der Waals surface area contributed by atoms with Gasteiger partial charge in [-0.05, 0) is 74.9 Å². The van der Waals surface area contributed by atoms with E-state index in [4.69, 9.17) is 9.47 Å². The van der Waals surface area contributed by atoms with Gasteiger partial charge in [-0.15, -0.1) is 0 Å². The van der Waals surface area contributed by atoms with Crippen LogP contribution in [0.5, 0.6) is 11.5 Å². The molecule has 2 aliphatic rings. The summed E-state index contributed by atoms with van der Waals surface area (Å²) in [6.45, 7) is 8.12. The molecule has 6 atom stereocenters. The highest BCUT2D eigenvalue weighted by atomic mass is 16.5. The molecule has 0 fully saturated rings. The largest absolute Gasteiger partial charge is 0.490 e. The maximum atomic E-state index is 13.5. The Morgan fingerprint density at radius 1 is 0.500 bits per heavy atom. The fraction of sp³-hybridized carbons (Fsp3) is 0.385. The second-order valence-electron chi connectivity index (χ2n) is 16.2. The maximum Gasteiger partial charge on any atom is 0.258 e. The van der Waals surface area contributed by atoms with Crippen LogP contribution in [0, 0.1) is 0 Å². The molecule has 10 heteroatoms. The molecular formula is C52H64N4O6.